The Morgan fingerprint density at radius 3 is 2.62 bits per heavy atom. The molecule has 2 aromatic heterocycles. The summed E-state index contributed by atoms with van der Waals surface area (Å²) in [5.41, 5.74) is -1.38. The first-order valence-corrected chi connectivity index (χ1v) is 19.4. The molecule has 2 N–H and O–H groups in total. The minimum atomic E-state index is -1.24. The summed E-state index contributed by atoms with van der Waals surface area (Å²) in [5, 5.41) is 22.7. The number of anilines is 1. The van der Waals surface area contributed by atoms with Gasteiger partial charge in [0, 0.05) is 41.6 Å². The number of β-amino-alcohol motifs (C(OH)–C–C–N with tert-alkyl or cyclic N) is 1. The van der Waals surface area contributed by atoms with Crippen molar-refractivity contribution in [2.45, 2.75) is 76.0 Å². The lowest BCUT2D eigenvalue weighted by Crippen LogP contribution is -2.60. The van der Waals surface area contributed by atoms with E-state index in [1.165, 1.54) is 44.2 Å². The Hall–Kier alpha value is -4.35. The van der Waals surface area contributed by atoms with Crippen molar-refractivity contribution in [3.05, 3.63) is 41.5 Å². The molecular formula is C42H47F2N5O6. The van der Waals surface area contributed by atoms with Crippen LogP contribution in [0.25, 0.3) is 32.9 Å². The summed E-state index contributed by atoms with van der Waals surface area (Å²) >= 11 is 0. The first-order valence-electron chi connectivity index (χ1n) is 19.4. The molecule has 5 aliphatic rings. The lowest BCUT2D eigenvalue weighted by atomic mass is 9.63. The van der Waals surface area contributed by atoms with Gasteiger partial charge in [0.2, 0.25) is 5.88 Å². The molecule has 13 heteroatoms. The van der Waals surface area contributed by atoms with E-state index in [0.717, 1.165) is 58.3 Å². The number of pyridine rings is 1. The lowest BCUT2D eigenvalue weighted by molar-refractivity contribution is -0.0813. The highest BCUT2D eigenvalue weighted by atomic mass is 19.1. The van der Waals surface area contributed by atoms with E-state index in [1.54, 1.807) is 6.92 Å². The molecule has 3 saturated heterocycles. The van der Waals surface area contributed by atoms with E-state index in [-0.39, 0.29) is 75.1 Å². The fraction of sp³-hybridized carbons (Fsp3) is 0.548. The van der Waals surface area contributed by atoms with E-state index in [1.807, 2.05) is 4.90 Å². The van der Waals surface area contributed by atoms with Gasteiger partial charge < -0.3 is 34.1 Å². The standard InChI is InChI=1S/C42H47F2N5O6/c1-4-28-30(43)9-8-25-17-27(50)18-29(32(25)28)35-34(44)36-33(38(45-35)52-3)37(48-14-16-54-22-40(2,51)21-48)47-39(46-36)55-24-42-10-5-7-31(42)49(13-6-11-42)26-19-41(20-26)12-15-53-23-41/h1,8-9,17-18,26,31,50-51H,5-7,10-16,19-24H2,2-3H3/t26?,31?,40-,41?,42+/m0/s1. The summed E-state index contributed by atoms with van der Waals surface area (Å²) in [6.45, 7) is 5.73. The summed E-state index contributed by atoms with van der Waals surface area (Å²) in [7, 11) is 1.41. The Morgan fingerprint density at radius 2 is 1.84 bits per heavy atom. The SMILES string of the molecule is C#Cc1c(F)ccc2cc(O)cc(-c3nc(OC)c4c(N5CCOC[C@@](C)(O)C5)nc(OC[C@]56CCCC5N(C5CC7(CCOC7)C5)CCC6)nc4c3F)c12. The first kappa shape index (κ1) is 36.3. The molecule has 2 saturated carbocycles. The number of nitrogens with zero attached hydrogens (tertiary/aromatic N) is 5. The molecule has 1 spiro atoms. The fourth-order valence-corrected chi connectivity index (χ4v) is 10.4. The van der Waals surface area contributed by atoms with E-state index >= 15 is 8.78 Å². The first-order chi connectivity index (χ1) is 26.5. The normalized spacial score (nSPS) is 29.6. The highest BCUT2D eigenvalue weighted by Crippen LogP contribution is 2.55. The molecule has 0 bridgehead atoms. The molecular weight excluding hydrogens is 708 g/mol. The number of likely N-dealkylation sites (tertiary alicyclic amines) is 1. The van der Waals surface area contributed by atoms with Crippen molar-refractivity contribution in [3.8, 4) is 41.2 Å². The number of hydrogen-bond donors (Lipinski definition) is 2. The number of rotatable bonds is 7. The van der Waals surface area contributed by atoms with Gasteiger partial charge in [0.15, 0.2) is 5.82 Å². The van der Waals surface area contributed by atoms with Crippen molar-refractivity contribution < 1.29 is 37.9 Å². The number of fused-ring (bicyclic) bond motifs is 3. The molecule has 3 atom stereocenters. The Kier molecular flexibility index (Phi) is 9.03. The molecule has 11 nitrogen and oxygen atoms in total. The summed E-state index contributed by atoms with van der Waals surface area (Å²) in [4.78, 5) is 18.8. The minimum Gasteiger partial charge on any atom is -0.508 e. The van der Waals surface area contributed by atoms with Crippen molar-refractivity contribution in [1.29, 1.82) is 0 Å². The number of benzene rings is 2. The van der Waals surface area contributed by atoms with E-state index < -0.39 is 17.2 Å². The number of phenols is 1. The van der Waals surface area contributed by atoms with E-state index in [2.05, 4.69) is 15.8 Å². The van der Waals surface area contributed by atoms with Gasteiger partial charge in [0.05, 0.1) is 45.6 Å². The van der Waals surface area contributed by atoms with Crippen LogP contribution in [-0.4, -0.2) is 108 Å². The maximum Gasteiger partial charge on any atom is 0.319 e. The van der Waals surface area contributed by atoms with Gasteiger partial charge in [-0.05, 0) is 87.4 Å². The van der Waals surface area contributed by atoms with Crippen molar-refractivity contribution in [2.24, 2.45) is 10.8 Å². The third-order valence-electron chi connectivity index (χ3n) is 12.9. The van der Waals surface area contributed by atoms with Crippen LogP contribution < -0.4 is 14.4 Å². The molecule has 3 aliphatic heterocycles. The third-order valence-corrected chi connectivity index (χ3v) is 12.9. The summed E-state index contributed by atoms with van der Waals surface area (Å²) in [6, 6.07) is 6.34. The second-order valence-electron chi connectivity index (χ2n) is 16.7. The summed E-state index contributed by atoms with van der Waals surface area (Å²) < 4.78 is 56.4. The van der Waals surface area contributed by atoms with Crippen LogP contribution in [0.3, 0.4) is 0 Å². The molecule has 55 heavy (non-hydrogen) atoms. The average molecular weight is 756 g/mol. The topological polar surface area (TPSA) is 123 Å². The second-order valence-corrected chi connectivity index (χ2v) is 16.7. The van der Waals surface area contributed by atoms with Crippen molar-refractivity contribution in [1.82, 2.24) is 19.9 Å². The van der Waals surface area contributed by atoms with Crippen LogP contribution >= 0.6 is 0 Å². The van der Waals surface area contributed by atoms with Crippen LogP contribution in [-0.2, 0) is 9.47 Å². The zero-order valence-electron chi connectivity index (χ0n) is 31.4. The number of methoxy groups -OCH3 is 1. The van der Waals surface area contributed by atoms with Gasteiger partial charge >= 0.3 is 6.01 Å². The van der Waals surface area contributed by atoms with E-state index in [4.69, 9.17) is 35.3 Å². The minimum absolute atomic E-state index is 0.00350. The zero-order chi connectivity index (χ0) is 38.1. The van der Waals surface area contributed by atoms with Crippen LogP contribution in [0.1, 0.15) is 63.9 Å². The van der Waals surface area contributed by atoms with Crippen LogP contribution in [0.15, 0.2) is 24.3 Å². The van der Waals surface area contributed by atoms with Gasteiger partial charge in [-0.15, -0.1) is 6.42 Å². The number of aromatic nitrogens is 3. The number of aromatic hydroxyl groups is 1. The Bertz CT molecular complexity index is 2200. The highest BCUT2D eigenvalue weighted by molar-refractivity contribution is 6.04. The Balaban J connectivity index is 1.14. The molecule has 5 fully saturated rings. The van der Waals surface area contributed by atoms with Gasteiger partial charge in [0.1, 0.15) is 39.6 Å². The molecule has 5 heterocycles. The van der Waals surface area contributed by atoms with Crippen molar-refractivity contribution in [2.75, 3.05) is 64.7 Å². The van der Waals surface area contributed by atoms with Gasteiger partial charge in [-0.2, -0.15) is 9.97 Å². The highest BCUT2D eigenvalue weighted by Gasteiger charge is 2.55. The van der Waals surface area contributed by atoms with Crippen LogP contribution in [0, 0.1) is 34.8 Å². The van der Waals surface area contributed by atoms with Crippen LogP contribution in [0.2, 0.25) is 0 Å². The number of aliphatic hydroxyl groups is 1. The third kappa shape index (κ3) is 6.22. The lowest BCUT2D eigenvalue weighted by Gasteiger charge is -2.56. The summed E-state index contributed by atoms with van der Waals surface area (Å²) in [6.07, 6.45) is 14.6. The number of halogens is 2. The molecule has 1 unspecified atom stereocenters. The molecule has 2 aliphatic carbocycles. The largest absolute Gasteiger partial charge is 0.508 e. The molecule has 0 amide bonds. The van der Waals surface area contributed by atoms with Gasteiger partial charge in [-0.1, -0.05) is 18.4 Å². The van der Waals surface area contributed by atoms with E-state index in [0.29, 0.717) is 42.6 Å². The predicted octanol–water partition coefficient (Wildman–Crippen LogP) is 5.99. The molecule has 4 aromatic rings. The Morgan fingerprint density at radius 1 is 1.02 bits per heavy atom. The van der Waals surface area contributed by atoms with E-state index in [9.17, 15) is 10.2 Å². The van der Waals surface area contributed by atoms with Crippen molar-refractivity contribution in [3.63, 3.8) is 0 Å². The zero-order valence-corrected chi connectivity index (χ0v) is 31.4. The molecule has 9 rings (SSSR count). The molecule has 290 valence electrons. The average Bonchev–Trinajstić information content (AvgIpc) is 3.79. The molecule has 2 aromatic carbocycles. The quantitative estimate of drug-likeness (QED) is 0.217. The van der Waals surface area contributed by atoms with Gasteiger partial charge in [-0.3, -0.25) is 4.90 Å². The second kappa shape index (κ2) is 13.7. The number of terminal acetylenes is 1. The smallest absolute Gasteiger partial charge is 0.319 e. The fourth-order valence-electron chi connectivity index (χ4n) is 10.4. The van der Waals surface area contributed by atoms with Crippen molar-refractivity contribution >= 4 is 27.5 Å². The number of hydrogen-bond acceptors (Lipinski definition) is 11. The van der Waals surface area contributed by atoms with Gasteiger partial charge in [-0.25, -0.2) is 13.8 Å². The maximum atomic E-state index is 17.3. The Labute approximate surface area is 318 Å². The maximum absolute atomic E-state index is 17.3. The van der Waals surface area contributed by atoms with Gasteiger partial charge in [0.25, 0.3) is 0 Å². The van der Waals surface area contributed by atoms with Crippen LogP contribution in [0.5, 0.6) is 17.6 Å². The number of piperidine rings is 1. The number of ether oxygens (including phenoxy) is 4. The number of phenolic OH excluding ortho intramolecular Hbond substituents is 1. The van der Waals surface area contributed by atoms with Crippen LogP contribution in [0.4, 0.5) is 14.6 Å². The monoisotopic (exact) mass is 755 g/mol. The molecule has 0 radical (unpaired) electrons. The predicted molar refractivity (Wildman–Crippen MR) is 202 cm³/mol. The summed E-state index contributed by atoms with van der Waals surface area (Å²) in [5.74, 6) is 0.965.